The average Bonchev–Trinajstić information content (AvgIpc) is 3.08. The average molecular weight is 789 g/mol. The SMILES string of the molecule is C.C.CC(C)S(=O)(=O)N1CCN(c2cnn(-c3cccc(Cl)c3)c(=O)c2Cl)CC1.O=c1c(Cl)c(N2CCNCC2)cnn1-c1cccc(Cl)c1. The number of piperazine rings is 2. The molecule has 0 spiro atoms. The Hall–Kier alpha value is -3.17. The van der Waals surface area contributed by atoms with Crippen LogP contribution in [0.1, 0.15) is 28.7 Å². The Morgan fingerprint density at radius 2 is 1.10 bits per heavy atom. The van der Waals surface area contributed by atoms with Crippen molar-refractivity contribution in [3.8, 4) is 11.4 Å². The lowest BCUT2D eigenvalue weighted by molar-refractivity contribution is 0.381. The normalized spacial score (nSPS) is 15.1. The molecule has 2 aromatic carbocycles. The minimum Gasteiger partial charge on any atom is -0.366 e. The maximum absolute atomic E-state index is 12.6. The van der Waals surface area contributed by atoms with Crippen LogP contribution < -0.4 is 26.2 Å². The molecule has 2 saturated heterocycles. The molecule has 272 valence electrons. The summed E-state index contributed by atoms with van der Waals surface area (Å²) in [5.74, 6) is 0. The van der Waals surface area contributed by atoms with Crippen LogP contribution in [-0.2, 0) is 10.0 Å². The van der Waals surface area contributed by atoms with Crippen molar-refractivity contribution in [2.45, 2.75) is 34.0 Å². The van der Waals surface area contributed by atoms with Crippen molar-refractivity contribution in [2.75, 3.05) is 62.2 Å². The van der Waals surface area contributed by atoms with Gasteiger partial charge in [0.1, 0.15) is 10.0 Å². The second-order valence-corrected chi connectivity index (χ2v) is 15.4. The van der Waals surface area contributed by atoms with Crippen molar-refractivity contribution >= 4 is 67.8 Å². The van der Waals surface area contributed by atoms with Gasteiger partial charge in [0, 0.05) is 62.4 Å². The van der Waals surface area contributed by atoms with Gasteiger partial charge in [-0.25, -0.2) is 8.42 Å². The Morgan fingerprint density at radius 3 is 1.50 bits per heavy atom. The maximum atomic E-state index is 12.6. The van der Waals surface area contributed by atoms with E-state index >= 15 is 0 Å². The van der Waals surface area contributed by atoms with E-state index in [-0.39, 0.29) is 30.5 Å². The van der Waals surface area contributed by atoms with Crippen molar-refractivity contribution < 1.29 is 8.42 Å². The molecular formula is C33H42Cl4N8O4S. The number of halogens is 4. The first-order chi connectivity index (χ1) is 22.9. The van der Waals surface area contributed by atoms with Gasteiger partial charge in [0.05, 0.1) is 40.4 Å². The predicted molar refractivity (Wildman–Crippen MR) is 206 cm³/mol. The van der Waals surface area contributed by atoms with E-state index in [1.165, 1.54) is 19.9 Å². The van der Waals surface area contributed by atoms with Crippen LogP contribution in [0.3, 0.4) is 0 Å². The van der Waals surface area contributed by atoms with Crippen molar-refractivity contribution in [3.05, 3.63) is 102 Å². The van der Waals surface area contributed by atoms with Crippen LogP contribution in [0.25, 0.3) is 11.4 Å². The number of aromatic nitrogens is 4. The van der Waals surface area contributed by atoms with Crippen LogP contribution >= 0.6 is 46.4 Å². The summed E-state index contributed by atoms with van der Waals surface area (Å²) in [7, 11) is -3.29. The van der Waals surface area contributed by atoms with Gasteiger partial charge in [0.25, 0.3) is 11.1 Å². The molecule has 4 heterocycles. The standard InChI is InChI=1S/C17H20Cl2N4O3S.C14H14Cl2N4O.2CH4/c1-12(2)27(25,26)22-8-6-21(7-9-22)15-11-20-23(17(24)16(15)19)14-5-3-4-13(18)10-14;15-10-2-1-3-11(8-10)20-14(21)13(16)12(9-18-20)19-6-4-17-5-7-19;;/h3-5,10-12H,6-9H2,1-2H3;1-3,8-9,17H,4-7H2;2*1H4. The highest BCUT2D eigenvalue weighted by Gasteiger charge is 2.30. The molecular weight excluding hydrogens is 746 g/mol. The first-order valence-electron chi connectivity index (χ1n) is 15.2. The molecule has 0 bridgehead atoms. The molecule has 12 nitrogen and oxygen atoms in total. The molecule has 0 unspecified atom stereocenters. The van der Waals surface area contributed by atoms with E-state index in [1.807, 2.05) is 4.90 Å². The third kappa shape index (κ3) is 9.19. The number of nitrogens with one attached hydrogen (secondary N) is 1. The van der Waals surface area contributed by atoms with Crippen molar-refractivity contribution in [3.63, 3.8) is 0 Å². The van der Waals surface area contributed by atoms with Gasteiger partial charge in [-0.1, -0.05) is 73.4 Å². The van der Waals surface area contributed by atoms with Gasteiger partial charge in [-0.2, -0.15) is 23.9 Å². The molecule has 0 amide bonds. The van der Waals surface area contributed by atoms with E-state index in [2.05, 4.69) is 20.4 Å². The summed E-state index contributed by atoms with van der Waals surface area (Å²) in [4.78, 5) is 29.0. The monoisotopic (exact) mass is 786 g/mol. The fourth-order valence-electron chi connectivity index (χ4n) is 5.26. The molecule has 2 aromatic heterocycles. The zero-order valence-corrected chi connectivity index (χ0v) is 30.0. The lowest BCUT2D eigenvalue weighted by atomic mass is 10.3. The highest BCUT2D eigenvalue weighted by Crippen LogP contribution is 2.25. The molecule has 0 aliphatic carbocycles. The maximum Gasteiger partial charge on any atom is 0.292 e. The third-order valence-electron chi connectivity index (χ3n) is 7.90. The topological polar surface area (TPSA) is 126 Å². The van der Waals surface area contributed by atoms with Crippen LogP contribution in [0.4, 0.5) is 11.4 Å². The van der Waals surface area contributed by atoms with Crippen LogP contribution in [0.5, 0.6) is 0 Å². The summed E-state index contributed by atoms with van der Waals surface area (Å²) in [6.07, 6.45) is 3.16. The molecule has 0 radical (unpaired) electrons. The quantitative estimate of drug-likeness (QED) is 0.265. The number of nitrogens with zero attached hydrogens (tertiary/aromatic N) is 7. The molecule has 1 N–H and O–H groups in total. The van der Waals surface area contributed by atoms with Gasteiger partial charge in [-0.15, -0.1) is 0 Å². The van der Waals surface area contributed by atoms with E-state index < -0.39 is 20.8 Å². The smallest absolute Gasteiger partial charge is 0.292 e. The lowest BCUT2D eigenvalue weighted by Crippen LogP contribution is -2.50. The van der Waals surface area contributed by atoms with Crippen LogP contribution in [0, 0.1) is 0 Å². The summed E-state index contributed by atoms with van der Waals surface area (Å²) in [5, 5.41) is 12.5. The Labute approximate surface area is 313 Å². The number of anilines is 2. The Kier molecular flexibility index (Phi) is 14.7. The molecule has 17 heteroatoms. The van der Waals surface area contributed by atoms with E-state index in [0.717, 1.165) is 26.2 Å². The Bertz CT molecular complexity index is 1990. The van der Waals surface area contributed by atoms with Crippen molar-refractivity contribution in [2.24, 2.45) is 0 Å². The Balaban J connectivity index is 0.000000267. The predicted octanol–water partition coefficient (Wildman–Crippen LogP) is 5.62. The number of benzene rings is 2. The van der Waals surface area contributed by atoms with Gasteiger partial charge in [0.2, 0.25) is 10.0 Å². The van der Waals surface area contributed by atoms with E-state index in [4.69, 9.17) is 46.4 Å². The first kappa shape index (κ1) is 41.3. The molecule has 0 saturated carbocycles. The van der Waals surface area contributed by atoms with Crippen LogP contribution in [0.15, 0.2) is 70.5 Å². The number of sulfonamides is 1. The second kappa shape index (κ2) is 17.9. The number of rotatable bonds is 6. The van der Waals surface area contributed by atoms with Gasteiger partial charge in [0.15, 0.2) is 0 Å². The van der Waals surface area contributed by atoms with Gasteiger partial charge in [-0.3, -0.25) is 9.59 Å². The summed E-state index contributed by atoms with van der Waals surface area (Å²) >= 11 is 24.5. The molecule has 6 rings (SSSR count). The largest absolute Gasteiger partial charge is 0.366 e. The molecule has 50 heavy (non-hydrogen) atoms. The minimum atomic E-state index is -3.29. The summed E-state index contributed by atoms with van der Waals surface area (Å²) in [6, 6.07) is 13.7. The van der Waals surface area contributed by atoms with Gasteiger partial charge in [-0.05, 0) is 50.2 Å². The van der Waals surface area contributed by atoms with Crippen molar-refractivity contribution in [1.82, 2.24) is 29.2 Å². The first-order valence-corrected chi connectivity index (χ1v) is 18.2. The van der Waals surface area contributed by atoms with Crippen LogP contribution in [0.2, 0.25) is 20.1 Å². The molecule has 2 fully saturated rings. The Morgan fingerprint density at radius 1 is 0.680 bits per heavy atom. The number of hydrogen-bond donors (Lipinski definition) is 1. The summed E-state index contributed by atoms with van der Waals surface area (Å²) in [6.45, 7) is 8.24. The fraction of sp³-hybridized carbons (Fsp3) is 0.394. The van der Waals surface area contributed by atoms with E-state index in [9.17, 15) is 18.0 Å². The highest BCUT2D eigenvalue weighted by molar-refractivity contribution is 7.89. The second-order valence-electron chi connectivity index (χ2n) is 11.3. The zero-order valence-electron chi connectivity index (χ0n) is 26.2. The van der Waals surface area contributed by atoms with E-state index in [1.54, 1.807) is 68.6 Å². The molecule has 4 aromatic rings. The van der Waals surface area contributed by atoms with Gasteiger partial charge < -0.3 is 15.1 Å². The minimum absolute atomic E-state index is 0. The highest BCUT2D eigenvalue weighted by atomic mass is 35.5. The summed E-state index contributed by atoms with van der Waals surface area (Å²) in [5.41, 5.74) is 1.52. The van der Waals surface area contributed by atoms with Gasteiger partial charge >= 0.3 is 0 Å². The number of hydrogen-bond acceptors (Lipinski definition) is 9. The molecule has 2 aliphatic heterocycles. The van der Waals surface area contributed by atoms with Crippen molar-refractivity contribution in [1.29, 1.82) is 0 Å². The fourth-order valence-corrected chi connectivity index (χ4v) is 7.39. The molecule has 0 atom stereocenters. The molecule has 2 aliphatic rings. The summed E-state index contributed by atoms with van der Waals surface area (Å²) < 4.78 is 28.5. The third-order valence-corrected chi connectivity index (χ3v) is 11.4. The lowest BCUT2D eigenvalue weighted by Gasteiger charge is -2.36. The van der Waals surface area contributed by atoms with E-state index in [0.29, 0.717) is 59.0 Å². The van der Waals surface area contributed by atoms with Crippen LogP contribution in [-0.4, -0.2) is 89.9 Å². The zero-order chi connectivity index (χ0) is 34.6.